The second-order valence-electron chi connectivity index (χ2n) is 16.3. The van der Waals surface area contributed by atoms with Crippen LogP contribution in [0.2, 0.25) is 0 Å². The Morgan fingerprint density at radius 2 is 0.342 bits per heavy atom. The van der Waals surface area contributed by atoms with Crippen LogP contribution in [0.3, 0.4) is 0 Å². The molecule has 1 aliphatic rings. The number of nitrogens with zero attached hydrogens (tertiary/aromatic N) is 5. The van der Waals surface area contributed by atoms with E-state index in [-0.39, 0.29) is 19.3 Å². The molecular weight excluding hydrogens is 1390 g/mol. The molecule has 1 saturated heterocycles. The minimum atomic E-state index is -6.54. The molecule has 0 saturated carbocycles. The van der Waals surface area contributed by atoms with Crippen molar-refractivity contribution in [3.05, 3.63) is 0 Å². The van der Waals surface area contributed by atoms with E-state index in [9.17, 15) is 201 Å². The molecule has 476 valence electrons. The van der Waals surface area contributed by atoms with Crippen molar-refractivity contribution >= 4 is 106 Å². The van der Waals surface area contributed by atoms with Crippen molar-refractivity contribution in [2.24, 2.45) is 0 Å². The molecule has 0 atom stereocenters. The van der Waals surface area contributed by atoms with Crippen LogP contribution in [0.4, 0.5) is 0 Å². The Bertz CT molecular complexity index is 2290. The Hall–Kier alpha value is 1.90. The monoisotopic (exact) mass is 1450 g/mol. The van der Waals surface area contributed by atoms with Gasteiger partial charge in [-0.3, -0.25) is 88.4 Å². The van der Waals surface area contributed by atoms with Gasteiger partial charge in [-0.05, 0) is 19.3 Å². The van der Waals surface area contributed by atoms with Crippen LogP contribution in [-0.4, -0.2) is 253 Å². The van der Waals surface area contributed by atoms with Gasteiger partial charge in [-0.1, -0.05) is 0 Å². The first-order valence-electron chi connectivity index (χ1n) is 19.6. The highest BCUT2D eigenvalue weighted by atomic mass is 31.3. The van der Waals surface area contributed by atoms with E-state index in [1.54, 1.807) is 0 Å². The molecule has 1 rings (SSSR count). The summed E-state index contributed by atoms with van der Waals surface area (Å²) in [5.41, 5.74) is -24.1. The van der Waals surface area contributed by atoms with Gasteiger partial charge in [0.1, 0.15) is 0 Å². The van der Waals surface area contributed by atoms with Crippen molar-refractivity contribution in [1.29, 1.82) is 0 Å². The Kier molecular flexibility index (Phi) is 28.8. The van der Waals surface area contributed by atoms with Crippen LogP contribution in [0.5, 0.6) is 0 Å². The highest BCUT2D eigenvalue weighted by Crippen LogP contribution is 2.72. The predicted molar refractivity (Wildman–Crippen MR) is 257 cm³/mol. The quantitative estimate of drug-likeness (QED) is 0.0400. The molecule has 0 bridgehead atoms. The normalized spacial score (nSPS) is 18.1. The van der Waals surface area contributed by atoms with Crippen molar-refractivity contribution in [3.63, 3.8) is 0 Å². The van der Waals surface area contributed by atoms with Crippen LogP contribution in [0.1, 0.15) is 19.3 Å². The number of rotatable bonds is 24. The van der Waals surface area contributed by atoms with Gasteiger partial charge in [-0.15, -0.1) is 0 Å². The molecule has 1 heterocycles. The number of hydrogen-bond donors (Lipinski definition) is 28. The van der Waals surface area contributed by atoms with Gasteiger partial charge < -0.3 is 137 Å². The molecule has 61 heteroatoms. The summed E-state index contributed by atoms with van der Waals surface area (Å²) < 4.78 is 167. The zero-order chi connectivity index (χ0) is 63.7. The summed E-state index contributed by atoms with van der Waals surface area (Å²) in [7, 11) is -85.8. The summed E-state index contributed by atoms with van der Waals surface area (Å²) in [4.78, 5) is 266. The fourth-order valence-electron chi connectivity index (χ4n) is 7.58. The Morgan fingerprint density at radius 1 is 0.228 bits per heavy atom. The minimum absolute atomic E-state index is 0.371. The minimum Gasteiger partial charge on any atom is -0.323 e. The average Bonchev–Trinajstić information content (AvgIpc) is 3.04. The molecule has 0 radical (unpaired) electrons. The lowest BCUT2D eigenvalue weighted by atomic mass is 10.2. The third-order valence-electron chi connectivity index (χ3n) is 9.67. The van der Waals surface area contributed by atoms with E-state index >= 15 is 0 Å². The molecule has 0 aromatic rings. The maximum Gasteiger partial charge on any atom is 0.355 e. The molecule has 0 amide bonds. The van der Waals surface area contributed by atoms with Gasteiger partial charge in [0.25, 0.3) is 0 Å². The second-order valence-corrected chi connectivity index (χ2v) is 42.5. The smallest absolute Gasteiger partial charge is 0.323 e. The van der Waals surface area contributed by atoms with Crippen molar-refractivity contribution < 1.29 is 201 Å². The summed E-state index contributed by atoms with van der Waals surface area (Å²) >= 11 is 0. The van der Waals surface area contributed by atoms with E-state index in [1.807, 2.05) is 0 Å². The fourth-order valence-corrected chi connectivity index (χ4v) is 28.4. The van der Waals surface area contributed by atoms with Crippen LogP contribution < -0.4 is 0 Å². The van der Waals surface area contributed by atoms with Crippen molar-refractivity contribution in [2.75, 3.05) is 52.4 Å². The predicted octanol–water partition coefficient (Wildman–Crippen LogP) is -5.86. The molecule has 0 aromatic carbocycles. The molecule has 28 N–H and O–H groups in total. The molecular formula is C18H57N5O42P14. The van der Waals surface area contributed by atoms with Gasteiger partial charge in [-0.25, -0.2) is 0 Å². The molecule has 47 nitrogen and oxygen atoms in total. The maximum absolute atomic E-state index is 12.0. The summed E-state index contributed by atoms with van der Waals surface area (Å²) in [5.74, 6) is 0. The second kappa shape index (κ2) is 28.2. The van der Waals surface area contributed by atoms with Gasteiger partial charge in [0.2, 0.25) is 38.7 Å². The van der Waals surface area contributed by atoms with Crippen LogP contribution >= 0.6 is 106 Å². The molecule has 1 aliphatic heterocycles. The lowest BCUT2D eigenvalue weighted by molar-refractivity contribution is 0.152. The standard InChI is InChI=1S/C12H33N3O18P6.C6H24N2O24P8/c16-34(17,18)10(35(19,20)21)13-4-1-5-14(11(36(22,23)24)37(25,26)27)7-3-9-15(8-2-6-13)12(38(28,29)30)39(31,32)33;9-33(10,11)3(34(12,13)14)7(4(35(15,16)17)36(18,19)20)1-2-8(5(37(21,22)23)38(24,25)26)6(39(27,28)29)40(30,31)32/h10-12H,1-9H2,(H2,16,17,18)(H2,19,20,21)(H2,22,23,24)(H2,25,26,27)(H2,28,29,30)(H2,31,32,33);3-6H,1-2H2,(H2,9,10,11)(H2,12,13,14)(H2,15,16,17)(H2,18,19,20)(H2,21,22,23)(H2,24,25,26)(H2,27,28,29)(H2,30,31,32). The maximum atomic E-state index is 12.0. The van der Waals surface area contributed by atoms with Gasteiger partial charge >= 0.3 is 106 Å². The first-order chi connectivity index (χ1) is 34.1. The Balaban J connectivity index is 0.00000154. The van der Waals surface area contributed by atoms with E-state index in [4.69, 9.17) is 0 Å². The van der Waals surface area contributed by atoms with Crippen LogP contribution in [0.15, 0.2) is 0 Å². The highest BCUT2D eigenvalue weighted by molar-refractivity contribution is 7.74. The van der Waals surface area contributed by atoms with E-state index in [1.165, 1.54) is 0 Å². The van der Waals surface area contributed by atoms with E-state index in [0.29, 0.717) is 14.7 Å². The van der Waals surface area contributed by atoms with Crippen molar-refractivity contribution in [3.8, 4) is 0 Å². The molecule has 0 aromatic heterocycles. The van der Waals surface area contributed by atoms with E-state index in [0.717, 1.165) is 0 Å². The number of hydrogen-bond acceptors (Lipinski definition) is 19. The largest absolute Gasteiger partial charge is 0.355 e. The zero-order valence-corrected chi connectivity index (χ0v) is 51.1. The highest BCUT2D eigenvalue weighted by Gasteiger charge is 2.62. The summed E-state index contributed by atoms with van der Waals surface area (Å²) in [5, 5.41) is 0. The summed E-state index contributed by atoms with van der Waals surface area (Å²) in [6.45, 7) is -8.16. The van der Waals surface area contributed by atoms with Gasteiger partial charge in [-0.2, -0.15) is 0 Å². The Labute approximate surface area is 440 Å². The molecule has 1 fully saturated rings. The van der Waals surface area contributed by atoms with Gasteiger partial charge in [0.05, 0.1) is 0 Å². The SMILES string of the molecule is O=P(O)(O)C(N(CCN(C(P(=O)(O)O)P(=O)(O)O)C(P(=O)(O)O)P(=O)(O)O)C(P(=O)(O)O)P(=O)(O)O)P(=O)(O)O.O=P(O)(O)C(N1CCCN(C(P(=O)(O)O)P(=O)(O)O)CCCN(C(P(=O)(O)O)P(=O)(O)O)CCC1)P(=O)(O)O. The average molecular weight is 1450 g/mol. The van der Waals surface area contributed by atoms with Crippen LogP contribution in [-0.2, 0) is 63.9 Å². The molecule has 0 unspecified atom stereocenters. The summed E-state index contributed by atoms with van der Waals surface area (Å²) in [6, 6.07) is 0. The fraction of sp³-hybridized carbons (Fsp3) is 1.00. The Morgan fingerprint density at radius 3 is 0.430 bits per heavy atom. The molecule has 0 spiro atoms. The molecule has 0 aliphatic carbocycles. The lowest BCUT2D eigenvalue weighted by Gasteiger charge is -2.41. The zero-order valence-electron chi connectivity index (χ0n) is 38.6. The van der Waals surface area contributed by atoms with Crippen molar-refractivity contribution in [2.45, 2.75) is 57.9 Å². The first kappa shape index (κ1) is 80.9. The lowest BCUT2D eigenvalue weighted by Crippen LogP contribution is -2.50. The first-order valence-corrected chi connectivity index (χ1v) is 43.1. The van der Waals surface area contributed by atoms with Crippen LogP contribution in [0.25, 0.3) is 0 Å². The molecule has 79 heavy (non-hydrogen) atoms. The van der Waals surface area contributed by atoms with Gasteiger partial charge in [0.15, 0.2) is 0 Å². The van der Waals surface area contributed by atoms with Gasteiger partial charge in [0, 0.05) is 52.4 Å². The third kappa shape index (κ3) is 25.9. The van der Waals surface area contributed by atoms with E-state index < -0.39 is 207 Å². The topological polar surface area (TPSA) is 822 Å². The summed E-state index contributed by atoms with van der Waals surface area (Å²) in [6.07, 6.45) is -1.11. The third-order valence-corrected chi connectivity index (χ3v) is 35.1. The van der Waals surface area contributed by atoms with E-state index in [2.05, 4.69) is 0 Å². The van der Waals surface area contributed by atoms with Crippen molar-refractivity contribution in [1.82, 2.24) is 24.5 Å². The van der Waals surface area contributed by atoms with Crippen LogP contribution in [0, 0.1) is 0 Å².